The predicted octanol–water partition coefficient (Wildman–Crippen LogP) is 3.24. The van der Waals surface area contributed by atoms with Gasteiger partial charge in [0.05, 0.1) is 17.1 Å². The van der Waals surface area contributed by atoms with E-state index in [4.69, 9.17) is 11.6 Å². The SMILES string of the molecule is CCCC(C)Nc1cc([N+](=O)[O-])cc(Cl)n1. The van der Waals surface area contributed by atoms with Crippen molar-refractivity contribution < 1.29 is 4.92 Å². The second-order valence-electron chi connectivity index (χ2n) is 3.62. The molecule has 0 aromatic carbocycles. The minimum Gasteiger partial charge on any atom is -0.367 e. The van der Waals surface area contributed by atoms with E-state index < -0.39 is 4.92 Å². The van der Waals surface area contributed by atoms with E-state index >= 15 is 0 Å². The van der Waals surface area contributed by atoms with E-state index in [2.05, 4.69) is 17.2 Å². The first-order valence-electron chi connectivity index (χ1n) is 5.11. The van der Waals surface area contributed by atoms with E-state index in [0.717, 1.165) is 12.8 Å². The van der Waals surface area contributed by atoms with Crippen molar-refractivity contribution in [2.24, 2.45) is 0 Å². The van der Waals surface area contributed by atoms with Gasteiger partial charge in [0.2, 0.25) is 0 Å². The van der Waals surface area contributed by atoms with Gasteiger partial charge < -0.3 is 5.32 Å². The lowest BCUT2D eigenvalue weighted by Crippen LogP contribution is -2.15. The number of halogens is 1. The third-order valence-electron chi connectivity index (χ3n) is 2.11. The second-order valence-corrected chi connectivity index (χ2v) is 4.01. The Hall–Kier alpha value is -1.36. The van der Waals surface area contributed by atoms with Crippen molar-refractivity contribution in [2.75, 3.05) is 5.32 Å². The molecule has 0 radical (unpaired) electrons. The molecule has 1 unspecified atom stereocenters. The molecule has 0 amide bonds. The lowest BCUT2D eigenvalue weighted by Gasteiger charge is -2.13. The second kappa shape index (κ2) is 5.65. The molecule has 1 heterocycles. The largest absolute Gasteiger partial charge is 0.367 e. The summed E-state index contributed by atoms with van der Waals surface area (Å²) in [5.74, 6) is 0.445. The Morgan fingerprint density at radius 3 is 2.88 bits per heavy atom. The smallest absolute Gasteiger partial charge is 0.276 e. The van der Waals surface area contributed by atoms with E-state index in [1.807, 2.05) is 6.92 Å². The first-order chi connectivity index (χ1) is 7.52. The maximum Gasteiger partial charge on any atom is 0.276 e. The normalized spacial score (nSPS) is 12.2. The van der Waals surface area contributed by atoms with Crippen LogP contribution in [0.4, 0.5) is 11.5 Å². The van der Waals surface area contributed by atoms with Crippen LogP contribution in [0.5, 0.6) is 0 Å². The first-order valence-corrected chi connectivity index (χ1v) is 5.49. The number of nitrogens with one attached hydrogen (secondary N) is 1. The maximum absolute atomic E-state index is 10.6. The Morgan fingerprint density at radius 2 is 2.31 bits per heavy atom. The van der Waals surface area contributed by atoms with E-state index in [1.165, 1.54) is 12.1 Å². The van der Waals surface area contributed by atoms with Crippen molar-refractivity contribution in [3.63, 3.8) is 0 Å². The summed E-state index contributed by atoms with van der Waals surface area (Å²) in [5.41, 5.74) is -0.0498. The van der Waals surface area contributed by atoms with Crippen molar-refractivity contribution in [2.45, 2.75) is 32.7 Å². The van der Waals surface area contributed by atoms with Crippen molar-refractivity contribution in [3.8, 4) is 0 Å². The summed E-state index contributed by atoms with van der Waals surface area (Å²) in [7, 11) is 0. The number of rotatable bonds is 5. The summed E-state index contributed by atoms with van der Waals surface area (Å²) in [5, 5.41) is 13.8. The molecule has 0 aliphatic heterocycles. The third-order valence-corrected chi connectivity index (χ3v) is 2.30. The monoisotopic (exact) mass is 243 g/mol. The number of nitro groups is 1. The highest BCUT2D eigenvalue weighted by Gasteiger charge is 2.11. The highest BCUT2D eigenvalue weighted by molar-refractivity contribution is 6.29. The molecule has 1 aromatic heterocycles. The predicted molar refractivity (Wildman–Crippen MR) is 63.9 cm³/mol. The molecule has 0 aliphatic rings. The van der Waals surface area contributed by atoms with Crippen LogP contribution >= 0.6 is 11.6 Å². The highest BCUT2D eigenvalue weighted by Crippen LogP contribution is 2.21. The van der Waals surface area contributed by atoms with Gasteiger partial charge in [-0.3, -0.25) is 10.1 Å². The Balaban J connectivity index is 2.84. The molecule has 16 heavy (non-hydrogen) atoms. The molecular weight excluding hydrogens is 230 g/mol. The van der Waals surface area contributed by atoms with Gasteiger partial charge in [-0.25, -0.2) is 4.98 Å². The average molecular weight is 244 g/mol. The highest BCUT2D eigenvalue weighted by atomic mass is 35.5. The number of aromatic nitrogens is 1. The first kappa shape index (κ1) is 12.7. The van der Waals surface area contributed by atoms with Crippen LogP contribution in [-0.4, -0.2) is 15.9 Å². The molecular formula is C10H14ClN3O2. The average Bonchev–Trinajstić information content (AvgIpc) is 2.16. The fraction of sp³-hybridized carbons (Fsp3) is 0.500. The van der Waals surface area contributed by atoms with Crippen molar-refractivity contribution in [1.29, 1.82) is 0 Å². The summed E-state index contributed by atoms with van der Waals surface area (Å²) in [6.45, 7) is 4.07. The Morgan fingerprint density at radius 1 is 1.62 bits per heavy atom. The summed E-state index contributed by atoms with van der Waals surface area (Å²) in [6, 6.07) is 2.84. The van der Waals surface area contributed by atoms with Gasteiger partial charge >= 0.3 is 0 Å². The lowest BCUT2D eigenvalue weighted by atomic mass is 10.2. The van der Waals surface area contributed by atoms with Crippen LogP contribution < -0.4 is 5.32 Å². The van der Waals surface area contributed by atoms with Gasteiger partial charge in [0.25, 0.3) is 5.69 Å². The fourth-order valence-electron chi connectivity index (χ4n) is 1.42. The van der Waals surface area contributed by atoms with Crippen LogP contribution in [0.3, 0.4) is 0 Å². The van der Waals surface area contributed by atoms with Gasteiger partial charge in [-0.15, -0.1) is 0 Å². The van der Waals surface area contributed by atoms with Crippen molar-refractivity contribution >= 4 is 23.1 Å². The maximum atomic E-state index is 10.6. The molecule has 5 nitrogen and oxygen atoms in total. The van der Waals surface area contributed by atoms with Crippen LogP contribution in [0.15, 0.2) is 12.1 Å². The van der Waals surface area contributed by atoms with Crippen LogP contribution in [0.2, 0.25) is 5.15 Å². The molecule has 0 bridgehead atoms. The van der Waals surface area contributed by atoms with Crippen molar-refractivity contribution in [1.82, 2.24) is 4.98 Å². The number of pyridine rings is 1. The zero-order chi connectivity index (χ0) is 12.1. The van der Waals surface area contributed by atoms with Gasteiger partial charge in [-0.1, -0.05) is 24.9 Å². The quantitative estimate of drug-likeness (QED) is 0.490. The van der Waals surface area contributed by atoms with Crippen molar-refractivity contribution in [3.05, 3.63) is 27.4 Å². The zero-order valence-electron chi connectivity index (χ0n) is 9.24. The molecule has 1 rings (SSSR count). The van der Waals surface area contributed by atoms with E-state index in [0.29, 0.717) is 5.82 Å². The Bertz CT molecular complexity index is 384. The fourth-order valence-corrected chi connectivity index (χ4v) is 1.62. The summed E-state index contributed by atoms with van der Waals surface area (Å²) in [6.07, 6.45) is 2.01. The van der Waals surface area contributed by atoms with Gasteiger partial charge in [-0.2, -0.15) is 0 Å². The van der Waals surface area contributed by atoms with E-state index in [-0.39, 0.29) is 16.9 Å². The van der Waals surface area contributed by atoms with Crippen LogP contribution in [-0.2, 0) is 0 Å². The van der Waals surface area contributed by atoms with Crippen LogP contribution in [0.1, 0.15) is 26.7 Å². The topological polar surface area (TPSA) is 68.1 Å². The molecule has 0 saturated carbocycles. The number of hydrogen-bond donors (Lipinski definition) is 1. The molecule has 0 fully saturated rings. The molecule has 1 atom stereocenters. The Kier molecular flexibility index (Phi) is 4.49. The summed E-state index contributed by atoms with van der Waals surface area (Å²) >= 11 is 5.70. The summed E-state index contributed by atoms with van der Waals surface area (Å²) < 4.78 is 0. The van der Waals surface area contributed by atoms with E-state index in [9.17, 15) is 10.1 Å². The molecule has 88 valence electrons. The van der Waals surface area contributed by atoms with Gasteiger partial charge in [0, 0.05) is 6.04 Å². The number of nitrogens with zero attached hydrogens (tertiary/aromatic N) is 2. The molecule has 0 aliphatic carbocycles. The third kappa shape index (κ3) is 3.66. The minimum atomic E-state index is -0.483. The molecule has 0 saturated heterocycles. The zero-order valence-corrected chi connectivity index (χ0v) is 9.99. The number of hydrogen-bond acceptors (Lipinski definition) is 4. The minimum absolute atomic E-state index is 0.0498. The molecule has 0 spiro atoms. The van der Waals surface area contributed by atoms with Crippen LogP contribution in [0.25, 0.3) is 0 Å². The van der Waals surface area contributed by atoms with E-state index in [1.54, 1.807) is 0 Å². The van der Waals surface area contributed by atoms with Gasteiger partial charge in [0.1, 0.15) is 11.0 Å². The van der Waals surface area contributed by atoms with Gasteiger partial charge in [0.15, 0.2) is 0 Å². The number of anilines is 1. The Labute approximate surface area is 99.0 Å². The standard InChI is InChI=1S/C10H14ClN3O2/c1-3-4-7(2)12-10-6-8(14(15)16)5-9(11)13-10/h5-7H,3-4H2,1-2H3,(H,12,13). The van der Waals surface area contributed by atoms with Gasteiger partial charge in [-0.05, 0) is 13.3 Å². The molecule has 1 aromatic rings. The lowest BCUT2D eigenvalue weighted by molar-refractivity contribution is -0.384. The van der Waals surface area contributed by atoms with Crippen LogP contribution in [0, 0.1) is 10.1 Å². The molecule has 1 N–H and O–H groups in total. The summed E-state index contributed by atoms with van der Waals surface area (Å²) in [4.78, 5) is 14.1. The molecule has 6 heteroatoms.